The van der Waals surface area contributed by atoms with Gasteiger partial charge in [0.15, 0.2) is 0 Å². The second kappa shape index (κ2) is 6.01. The third-order valence-electron chi connectivity index (χ3n) is 4.73. The van der Waals surface area contributed by atoms with E-state index in [2.05, 4.69) is 20.3 Å². The van der Waals surface area contributed by atoms with Crippen molar-refractivity contribution in [2.75, 3.05) is 0 Å². The van der Waals surface area contributed by atoms with Gasteiger partial charge in [0, 0.05) is 16.7 Å². The molecule has 2 N–H and O–H groups in total. The molecule has 27 heavy (non-hydrogen) atoms. The predicted octanol–water partition coefficient (Wildman–Crippen LogP) is 1.41. The van der Waals surface area contributed by atoms with Crippen LogP contribution in [0.2, 0.25) is 0 Å². The van der Waals surface area contributed by atoms with Gasteiger partial charge in [-0.15, -0.1) is 0 Å². The Bertz CT molecular complexity index is 1190. The van der Waals surface area contributed by atoms with Crippen LogP contribution >= 0.6 is 11.6 Å². The monoisotopic (exact) mass is 374 g/mol. The summed E-state index contributed by atoms with van der Waals surface area (Å²) in [5.41, 5.74) is 2.11. The van der Waals surface area contributed by atoms with E-state index in [-0.39, 0.29) is 6.04 Å². The number of nitrogens with one attached hydrogen (secondary N) is 2. The first kappa shape index (κ1) is 16.2. The van der Waals surface area contributed by atoms with Crippen LogP contribution < -0.4 is 16.0 Å². The molecule has 132 valence electrons. The molecule has 5 nitrogen and oxygen atoms in total. The summed E-state index contributed by atoms with van der Waals surface area (Å²) in [4.78, 5) is 24.7. The van der Waals surface area contributed by atoms with Gasteiger partial charge in [0.05, 0.1) is 22.8 Å². The fourth-order valence-corrected chi connectivity index (χ4v) is 3.62. The van der Waals surface area contributed by atoms with Gasteiger partial charge < -0.3 is 4.98 Å². The van der Waals surface area contributed by atoms with Crippen LogP contribution in [0.5, 0.6) is 0 Å². The van der Waals surface area contributed by atoms with Crippen molar-refractivity contribution in [1.82, 2.24) is 10.3 Å². The summed E-state index contributed by atoms with van der Waals surface area (Å²) in [6.45, 7) is 0. The fraction of sp³-hybridized carbons (Fsp3) is 0.0952. The molecule has 5 rings (SSSR count). The molecule has 1 aromatic heterocycles. The average molecular weight is 375 g/mol. The first-order valence-corrected chi connectivity index (χ1v) is 9.00. The number of aromatic amines is 1. The summed E-state index contributed by atoms with van der Waals surface area (Å²) in [7, 11) is 0. The fourth-order valence-electron chi connectivity index (χ4n) is 3.45. The Balaban J connectivity index is 1.69. The Kier molecular flexibility index (Phi) is 3.60. The Hall–Kier alpha value is -3.02. The lowest BCUT2D eigenvalue weighted by Gasteiger charge is -2.22. The number of nitrogens with zero attached hydrogens (tertiary/aromatic N) is 2. The maximum Gasteiger partial charge on any atom is 0.249 e. The zero-order valence-electron chi connectivity index (χ0n) is 14.2. The van der Waals surface area contributed by atoms with Crippen molar-refractivity contribution < 1.29 is 4.79 Å². The minimum absolute atomic E-state index is 0.155. The van der Waals surface area contributed by atoms with Crippen LogP contribution in [0.1, 0.15) is 0 Å². The Labute approximate surface area is 160 Å². The lowest BCUT2D eigenvalue weighted by atomic mass is 10.0. The minimum atomic E-state index is -1.08. The molecule has 5 heterocycles. The van der Waals surface area contributed by atoms with Crippen LogP contribution in [0, 0.1) is 0 Å². The summed E-state index contributed by atoms with van der Waals surface area (Å²) in [5, 5.41) is 4.69. The molecule has 8 bridgehead atoms. The van der Waals surface area contributed by atoms with E-state index in [1.807, 2.05) is 60.7 Å². The minimum Gasteiger partial charge on any atom is -0.355 e. The van der Waals surface area contributed by atoms with Gasteiger partial charge in [-0.3, -0.25) is 10.1 Å². The number of carbonyl (C=O) groups excluding carboxylic acids is 1. The number of hydrogen-bond donors (Lipinski definition) is 2. The number of hydrogen-bond acceptors (Lipinski definition) is 4. The van der Waals surface area contributed by atoms with Crippen molar-refractivity contribution in [3.05, 3.63) is 82.8 Å². The topological polar surface area (TPSA) is 69.6 Å². The van der Waals surface area contributed by atoms with Gasteiger partial charge in [0.1, 0.15) is 5.54 Å². The highest BCUT2D eigenvalue weighted by Gasteiger charge is 2.38. The van der Waals surface area contributed by atoms with E-state index in [9.17, 15) is 4.79 Å². The average Bonchev–Trinajstić information content (AvgIpc) is 3.39. The van der Waals surface area contributed by atoms with Crippen molar-refractivity contribution in [2.45, 2.75) is 11.6 Å². The van der Waals surface area contributed by atoms with Crippen molar-refractivity contribution in [1.29, 1.82) is 0 Å². The molecule has 0 saturated heterocycles. The first-order valence-electron chi connectivity index (χ1n) is 8.62. The van der Waals surface area contributed by atoms with Gasteiger partial charge in [-0.25, -0.2) is 9.98 Å². The third kappa shape index (κ3) is 3.01. The Morgan fingerprint density at radius 1 is 1.00 bits per heavy atom. The maximum absolute atomic E-state index is 12.2. The molecule has 0 saturated carbocycles. The van der Waals surface area contributed by atoms with Crippen LogP contribution in [-0.4, -0.2) is 33.2 Å². The Morgan fingerprint density at radius 2 is 1.67 bits per heavy atom. The number of aromatic nitrogens is 1. The predicted molar refractivity (Wildman–Crippen MR) is 108 cm³/mol. The zero-order valence-corrected chi connectivity index (χ0v) is 14.9. The van der Waals surface area contributed by atoms with E-state index in [1.165, 1.54) is 0 Å². The molecule has 1 aromatic rings. The number of carbonyl (C=O) groups is 1. The third-order valence-corrected chi connectivity index (χ3v) is 5.04. The first-order chi connectivity index (χ1) is 13.1. The van der Waals surface area contributed by atoms with Gasteiger partial charge in [-0.05, 0) is 72.3 Å². The highest BCUT2D eigenvalue weighted by Crippen LogP contribution is 2.26. The van der Waals surface area contributed by atoms with Gasteiger partial charge in [-0.1, -0.05) is 12.2 Å². The van der Waals surface area contributed by atoms with E-state index >= 15 is 0 Å². The lowest BCUT2D eigenvalue weighted by Crippen LogP contribution is -2.46. The molecule has 0 aromatic carbocycles. The maximum atomic E-state index is 12.2. The molecular formula is C21H15ClN4O. The highest BCUT2D eigenvalue weighted by atomic mass is 35.5. The molecule has 2 unspecified atom stereocenters. The summed E-state index contributed by atoms with van der Waals surface area (Å²) in [6, 6.07) is 3.84. The molecule has 2 atom stereocenters. The van der Waals surface area contributed by atoms with Gasteiger partial charge in [-0.2, -0.15) is 0 Å². The van der Waals surface area contributed by atoms with E-state index in [4.69, 9.17) is 11.6 Å². The molecule has 0 amide bonds. The molecule has 0 fully saturated rings. The van der Waals surface area contributed by atoms with Gasteiger partial charge >= 0.3 is 0 Å². The highest BCUT2D eigenvalue weighted by molar-refractivity contribution is 6.66. The van der Waals surface area contributed by atoms with Crippen LogP contribution in [0.3, 0.4) is 0 Å². The number of H-pyrrole nitrogens is 1. The number of rotatable bonds is 1. The summed E-state index contributed by atoms with van der Waals surface area (Å²) < 4.78 is 0. The van der Waals surface area contributed by atoms with E-state index in [1.54, 1.807) is 12.2 Å². The second-order valence-corrected chi connectivity index (χ2v) is 7.07. The largest absolute Gasteiger partial charge is 0.355 e. The molecule has 4 aliphatic heterocycles. The van der Waals surface area contributed by atoms with Crippen molar-refractivity contribution in [3.63, 3.8) is 0 Å². The van der Waals surface area contributed by atoms with Crippen LogP contribution in [0.25, 0.3) is 12.2 Å². The summed E-state index contributed by atoms with van der Waals surface area (Å²) in [6.07, 6.45) is 19.1. The summed E-state index contributed by atoms with van der Waals surface area (Å²) >= 11 is 5.93. The van der Waals surface area contributed by atoms with Gasteiger partial charge in [0.2, 0.25) is 5.24 Å². The SMILES string of the molecule is O=C(Cl)C12C=CC(C=C3C=CC(=N3)C=c3ccc([nH]3)=CC3=NC(=C1)C=C3)N2. The quantitative estimate of drug-likeness (QED) is 0.576. The number of fused-ring (bicyclic) bond motifs is 6. The normalized spacial score (nSPS) is 27.5. The lowest BCUT2D eigenvalue weighted by molar-refractivity contribution is -0.114. The molecule has 0 aliphatic carbocycles. The van der Waals surface area contributed by atoms with Crippen LogP contribution in [0.4, 0.5) is 0 Å². The van der Waals surface area contributed by atoms with Crippen LogP contribution in [0.15, 0.2) is 82.1 Å². The van der Waals surface area contributed by atoms with Crippen molar-refractivity contribution in [3.8, 4) is 0 Å². The van der Waals surface area contributed by atoms with E-state index in [0.29, 0.717) is 5.70 Å². The van der Waals surface area contributed by atoms with Crippen molar-refractivity contribution in [2.24, 2.45) is 9.98 Å². The molecule has 4 aliphatic rings. The van der Waals surface area contributed by atoms with Gasteiger partial charge in [0.25, 0.3) is 0 Å². The Morgan fingerprint density at radius 3 is 2.37 bits per heavy atom. The van der Waals surface area contributed by atoms with E-state index in [0.717, 1.165) is 27.8 Å². The number of allylic oxidation sites excluding steroid dienone is 4. The molecule has 0 spiro atoms. The van der Waals surface area contributed by atoms with Crippen molar-refractivity contribution >= 4 is 40.4 Å². The second-order valence-electron chi connectivity index (χ2n) is 6.73. The summed E-state index contributed by atoms with van der Waals surface area (Å²) in [5.74, 6) is 0. The molecule has 0 radical (unpaired) electrons. The molecular weight excluding hydrogens is 360 g/mol. The van der Waals surface area contributed by atoms with Crippen LogP contribution in [-0.2, 0) is 4.79 Å². The standard InChI is InChI=1S/C21H15ClN4O/c22-20(27)21-8-7-18(26-21)11-17-4-3-14(24-17)9-13-1-2-15(23-13)10-16-5-6-19(12-21)25-16/h1-12,18,23,26H. The smallest absolute Gasteiger partial charge is 0.249 e. The zero-order chi connectivity index (χ0) is 18.4. The number of aliphatic imine (C=N–C) groups is 2. The number of halogens is 1. The molecule has 6 heteroatoms. The van der Waals surface area contributed by atoms with E-state index < -0.39 is 10.8 Å².